The second kappa shape index (κ2) is 10.9. The molecule has 0 aliphatic carbocycles. The van der Waals surface area contributed by atoms with Gasteiger partial charge in [-0.3, -0.25) is 14.6 Å². The number of aryl methyl sites for hydroxylation is 1. The molecule has 0 bridgehead atoms. The summed E-state index contributed by atoms with van der Waals surface area (Å²) in [6, 6.07) is 20.0. The average molecular weight is 487 g/mol. The minimum atomic E-state index is -0.321. The highest BCUT2D eigenvalue weighted by molar-refractivity contribution is 7.09. The Labute approximate surface area is 207 Å². The summed E-state index contributed by atoms with van der Waals surface area (Å²) in [6.07, 6.45) is 1.70. The lowest BCUT2D eigenvalue weighted by molar-refractivity contribution is 0.0949. The molecule has 1 N–H and O–H groups in total. The summed E-state index contributed by atoms with van der Waals surface area (Å²) in [4.78, 5) is 35.6. The predicted molar refractivity (Wildman–Crippen MR) is 136 cm³/mol. The third-order valence-electron chi connectivity index (χ3n) is 5.62. The first-order valence-electron chi connectivity index (χ1n) is 11.1. The molecule has 2 aromatic heterocycles. The third kappa shape index (κ3) is 5.91. The summed E-state index contributed by atoms with van der Waals surface area (Å²) in [5, 5.41) is 2.88. The number of aromatic nitrogens is 2. The molecule has 0 unspecified atom stereocenters. The zero-order valence-electron chi connectivity index (χ0n) is 19.8. The smallest absolute Gasteiger partial charge is 0.279 e. The van der Waals surface area contributed by atoms with Crippen LogP contribution in [0.3, 0.4) is 0 Å². The summed E-state index contributed by atoms with van der Waals surface area (Å²) in [5.74, 6) is 0.137. The van der Waals surface area contributed by atoms with Crippen LogP contribution in [-0.4, -0.2) is 28.5 Å². The van der Waals surface area contributed by atoms with Crippen LogP contribution in [0.15, 0.2) is 77.9 Å². The Hall–Kier alpha value is -4.04. The number of hydrogen-bond donors (Lipinski definition) is 1. The lowest BCUT2D eigenvalue weighted by Gasteiger charge is -2.09. The number of nitrogens with zero attached hydrogens (tertiary/aromatic N) is 3. The van der Waals surface area contributed by atoms with Gasteiger partial charge in [0.1, 0.15) is 5.75 Å². The molecule has 0 aliphatic rings. The second-order valence-corrected chi connectivity index (χ2v) is 9.14. The number of rotatable bonds is 7. The number of amides is 2. The first kappa shape index (κ1) is 24.1. The molecule has 2 heterocycles. The van der Waals surface area contributed by atoms with E-state index in [1.54, 1.807) is 49.7 Å². The molecule has 0 fully saturated rings. The Balaban J connectivity index is 1.51. The van der Waals surface area contributed by atoms with E-state index < -0.39 is 0 Å². The fraction of sp³-hybridized carbons (Fsp3) is 0.185. The highest BCUT2D eigenvalue weighted by Gasteiger charge is 2.12. The average Bonchev–Trinajstić information content (AvgIpc) is 3.15. The number of methoxy groups -OCH3 is 1. The van der Waals surface area contributed by atoms with Crippen molar-refractivity contribution >= 4 is 23.2 Å². The number of hydrogen-bond acceptors (Lipinski definition) is 5. The highest BCUT2D eigenvalue weighted by atomic mass is 32.1. The summed E-state index contributed by atoms with van der Waals surface area (Å²) in [5.41, 5.74) is 3.90. The zero-order valence-corrected chi connectivity index (χ0v) is 20.6. The maximum Gasteiger partial charge on any atom is 0.279 e. The molecular weight excluding hydrogens is 460 g/mol. The maximum absolute atomic E-state index is 12.8. The largest absolute Gasteiger partial charge is 0.497 e. The van der Waals surface area contributed by atoms with Crippen LogP contribution in [0.25, 0.3) is 0 Å². The Morgan fingerprint density at radius 1 is 1.03 bits per heavy atom. The van der Waals surface area contributed by atoms with Gasteiger partial charge in [-0.1, -0.05) is 24.3 Å². The van der Waals surface area contributed by atoms with Crippen LogP contribution in [0, 0.1) is 13.8 Å². The van der Waals surface area contributed by atoms with Crippen LogP contribution in [0.5, 0.6) is 5.75 Å². The summed E-state index contributed by atoms with van der Waals surface area (Å²) in [7, 11) is 1.57. The standard InChI is InChI=1S/C27H26N4O3S/c1-18-19(2)35-27(30-26(33)22-7-6-9-24(15-22)34-3)31(18)17-20-10-12-21(13-11-20)25(32)29-16-23-8-4-5-14-28-23/h4-15H,16-17H2,1-3H3,(H,29,32). The monoisotopic (exact) mass is 486 g/mol. The van der Waals surface area contributed by atoms with E-state index in [4.69, 9.17) is 4.74 Å². The van der Waals surface area contributed by atoms with Crippen molar-refractivity contribution in [3.05, 3.63) is 111 Å². The SMILES string of the molecule is COc1cccc(C(=O)N=c2sc(C)c(C)n2Cc2ccc(C(=O)NCc3ccccn3)cc2)c1. The van der Waals surface area contributed by atoms with Gasteiger partial charge in [-0.2, -0.15) is 4.99 Å². The van der Waals surface area contributed by atoms with E-state index in [1.165, 1.54) is 11.3 Å². The van der Waals surface area contributed by atoms with E-state index in [9.17, 15) is 9.59 Å². The van der Waals surface area contributed by atoms with Gasteiger partial charge >= 0.3 is 0 Å². The number of carbonyl (C=O) groups excluding carboxylic acids is 2. The number of pyridine rings is 1. The number of nitrogens with one attached hydrogen (secondary N) is 1. The van der Waals surface area contributed by atoms with Gasteiger partial charge in [0.05, 0.1) is 25.9 Å². The van der Waals surface area contributed by atoms with Crippen molar-refractivity contribution in [3.8, 4) is 5.75 Å². The molecule has 2 aromatic carbocycles. The minimum Gasteiger partial charge on any atom is -0.497 e. The van der Waals surface area contributed by atoms with E-state index in [0.717, 1.165) is 21.8 Å². The zero-order chi connectivity index (χ0) is 24.8. The molecule has 2 amide bonds. The Morgan fingerprint density at radius 2 is 1.83 bits per heavy atom. The third-order valence-corrected chi connectivity index (χ3v) is 6.71. The molecule has 4 aromatic rings. The first-order chi connectivity index (χ1) is 16.9. The lowest BCUT2D eigenvalue weighted by Crippen LogP contribution is -2.23. The van der Waals surface area contributed by atoms with E-state index in [0.29, 0.717) is 34.8 Å². The maximum atomic E-state index is 12.8. The minimum absolute atomic E-state index is 0.156. The van der Waals surface area contributed by atoms with Crippen LogP contribution in [0.4, 0.5) is 0 Å². The van der Waals surface area contributed by atoms with Crippen molar-refractivity contribution in [1.29, 1.82) is 0 Å². The molecular formula is C27H26N4O3S. The van der Waals surface area contributed by atoms with Crippen LogP contribution >= 0.6 is 11.3 Å². The van der Waals surface area contributed by atoms with Gasteiger partial charge in [0.2, 0.25) is 0 Å². The van der Waals surface area contributed by atoms with Gasteiger partial charge in [-0.15, -0.1) is 11.3 Å². The van der Waals surface area contributed by atoms with Crippen molar-refractivity contribution in [2.24, 2.45) is 4.99 Å². The lowest BCUT2D eigenvalue weighted by atomic mass is 10.1. The highest BCUT2D eigenvalue weighted by Crippen LogP contribution is 2.16. The van der Waals surface area contributed by atoms with Crippen molar-refractivity contribution < 1.29 is 14.3 Å². The predicted octanol–water partition coefficient (Wildman–Crippen LogP) is 4.29. The van der Waals surface area contributed by atoms with E-state index in [2.05, 4.69) is 15.3 Å². The molecule has 0 spiro atoms. The number of ether oxygens (including phenoxy) is 1. The molecule has 35 heavy (non-hydrogen) atoms. The van der Waals surface area contributed by atoms with Crippen molar-refractivity contribution in [2.45, 2.75) is 26.9 Å². The van der Waals surface area contributed by atoms with E-state index in [-0.39, 0.29) is 11.8 Å². The Bertz CT molecular complexity index is 1410. The van der Waals surface area contributed by atoms with Crippen molar-refractivity contribution in [1.82, 2.24) is 14.9 Å². The van der Waals surface area contributed by atoms with Gasteiger partial charge in [-0.05, 0) is 61.9 Å². The van der Waals surface area contributed by atoms with Gasteiger partial charge in [0, 0.05) is 27.9 Å². The molecule has 0 saturated carbocycles. The van der Waals surface area contributed by atoms with Crippen LogP contribution < -0.4 is 14.9 Å². The van der Waals surface area contributed by atoms with Gasteiger partial charge in [-0.25, -0.2) is 0 Å². The number of benzene rings is 2. The van der Waals surface area contributed by atoms with Crippen LogP contribution in [0.2, 0.25) is 0 Å². The fourth-order valence-corrected chi connectivity index (χ4v) is 4.47. The molecule has 8 heteroatoms. The molecule has 0 atom stereocenters. The van der Waals surface area contributed by atoms with Crippen LogP contribution in [0.1, 0.15) is 42.5 Å². The summed E-state index contributed by atoms with van der Waals surface area (Å²) < 4.78 is 7.24. The molecule has 0 aliphatic heterocycles. The molecule has 0 saturated heterocycles. The number of carbonyl (C=O) groups is 2. The normalized spacial score (nSPS) is 11.3. The van der Waals surface area contributed by atoms with Crippen LogP contribution in [-0.2, 0) is 13.1 Å². The van der Waals surface area contributed by atoms with Crippen molar-refractivity contribution in [2.75, 3.05) is 7.11 Å². The number of thiazole rings is 1. The van der Waals surface area contributed by atoms with E-state index in [1.807, 2.05) is 48.7 Å². The van der Waals surface area contributed by atoms with Gasteiger partial charge in [0.25, 0.3) is 11.8 Å². The molecule has 7 nitrogen and oxygen atoms in total. The summed E-state index contributed by atoms with van der Waals surface area (Å²) in [6.45, 7) is 4.94. The molecule has 178 valence electrons. The topological polar surface area (TPSA) is 85.6 Å². The van der Waals surface area contributed by atoms with E-state index >= 15 is 0 Å². The van der Waals surface area contributed by atoms with Gasteiger partial charge in [0.15, 0.2) is 4.80 Å². The molecule has 4 rings (SSSR count). The second-order valence-electron chi connectivity index (χ2n) is 7.96. The van der Waals surface area contributed by atoms with Gasteiger partial charge < -0.3 is 14.6 Å². The Morgan fingerprint density at radius 3 is 2.54 bits per heavy atom. The molecule has 0 radical (unpaired) electrons. The summed E-state index contributed by atoms with van der Waals surface area (Å²) >= 11 is 1.48. The first-order valence-corrected chi connectivity index (χ1v) is 11.9. The fourth-order valence-electron chi connectivity index (χ4n) is 3.50. The quantitative estimate of drug-likeness (QED) is 0.422. The Kier molecular flexibility index (Phi) is 7.52. The van der Waals surface area contributed by atoms with Crippen molar-refractivity contribution in [3.63, 3.8) is 0 Å².